The zero-order chi connectivity index (χ0) is 21.5. The van der Waals surface area contributed by atoms with Crippen LogP contribution in [0.3, 0.4) is 0 Å². The van der Waals surface area contributed by atoms with E-state index in [2.05, 4.69) is 6.92 Å². The van der Waals surface area contributed by atoms with Crippen molar-refractivity contribution < 1.29 is 40.2 Å². The Morgan fingerprint density at radius 3 is 1.79 bits per heavy atom. The molecule has 0 rings (SSSR count). The summed E-state index contributed by atoms with van der Waals surface area (Å²) in [6, 6.07) is 0. The number of carbonyl (C=O) groups excluding carboxylic acids is 1. The summed E-state index contributed by atoms with van der Waals surface area (Å²) in [5, 5.41) is 56.2. The average Bonchev–Trinajstić information content (AvgIpc) is 2.74. The molecule has 28 heavy (non-hydrogen) atoms. The van der Waals surface area contributed by atoms with Crippen molar-refractivity contribution in [1.29, 1.82) is 0 Å². The molecule has 0 aliphatic carbocycles. The van der Waals surface area contributed by atoms with Gasteiger partial charge in [0.2, 0.25) is 0 Å². The van der Waals surface area contributed by atoms with Gasteiger partial charge in [0.15, 0.2) is 0 Å². The van der Waals surface area contributed by atoms with Gasteiger partial charge in [0.25, 0.3) is 0 Å². The van der Waals surface area contributed by atoms with Crippen LogP contribution in [0.2, 0.25) is 0 Å². The fourth-order valence-corrected chi connectivity index (χ4v) is 2.63. The van der Waals surface area contributed by atoms with Crippen LogP contribution in [0, 0.1) is 10.8 Å². The van der Waals surface area contributed by atoms with Crippen LogP contribution in [-0.2, 0) is 9.53 Å². The molecule has 0 aromatic carbocycles. The molecule has 0 bridgehead atoms. The molecule has 0 atom stereocenters. The Kier molecular flexibility index (Phi) is 14.3. The van der Waals surface area contributed by atoms with Gasteiger partial charge in [-0.2, -0.15) is 0 Å². The van der Waals surface area contributed by atoms with Crippen LogP contribution in [-0.4, -0.2) is 82.9 Å². The maximum absolute atomic E-state index is 12.4. The summed E-state index contributed by atoms with van der Waals surface area (Å²) in [4.78, 5) is 12.4. The van der Waals surface area contributed by atoms with Crippen LogP contribution in [0.15, 0.2) is 11.6 Å². The highest BCUT2D eigenvalue weighted by atomic mass is 16.5. The molecule has 0 radical (unpaired) electrons. The molecule has 0 unspecified atom stereocenters. The van der Waals surface area contributed by atoms with E-state index in [0.29, 0.717) is 24.8 Å². The summed E-state index contributed by atoms with van der Waals surface area (Å²) in [7, 11) is 0. The molecule has 0 aliphatic heterocycles. The molecule has 6 N–H and O–H groups in total. The molecule has 166 valence electrons. The third-order valence-corrected chi connectivity index (χ3v) is 5.26. The Balaban J connectivity index is 4.90. The number of allylic oxidation sites excluding steroid dienone is 1. The molecule has 8 heteroatoms. The van der Waals surface area contributed by atoms with Gasteiger partial charge in [0.1, 0.15) is 0 Å². The van der Waals surface area contributed by atoms with E-state index in [0.717, 1.165) is 19.3 Å². The third kappa shape index (κ3) is 8.98. The van der Waals surface area contributed by atoms with Crippen molar-refractivity contribution in [3.63, 3.8) is 0 Å². The monoisotopic (exact) mass is 406 g/mol. The molecule has 0 saturated heterocycles. The first-order valence-electron chi connectivity index (χ1n) is 9.93. The Bertz CT molecular complexity index is 425. The first-order valence-corrected chi connectivity index (χ1v) is 9.93. The lowest BCUT2D eigenvalue weighted by molar-refractivity contribution is -0.141. The molecule has 0 aliphatic rings. The van der Waals surface area contributed by atoms with E-state index in [1.165, 1.54) is 0 Å². The quantitative estimate of drug-likeness (QED) is 0.113. The number of hydrogen-bond acceptors (Lipinski definition) is 8. The summed E-state index contributed by atoms with van der Waals surface area (Å²) < 4.78 is 5.27. The van der Waals surface area contributed by atoms with Gasteiger partial charge in [-0.25, -0.2) is 4.79 Å². The van der Waals surface area contributed by atoms with E-state index in [1.807, 2.05) is 0 Å². The number of carbonyl (C=O) groups is 1. The van der Waals surface area contributed by atoms with E-state index in [-0.39, 0.29) is 32.8 Å². The van der Waals surface area contributed by atoms with Crippen LogP contribution in [0.1, 0.15) is 51.9 Å². The normalized spacial score (nSPS) is 13.0. The number of unbranched alkanes of at least 4 members (excludes halogenated alkanes) is 2. The predicted octanol–water partition coefficient (Wildman–Crippen LogP) is 0.133. The van der Waals surface area contributed by atoms with Gasteiger partial charge in [0.05, 0.1) is 46.2 Å². The van der Waals surface area contributed by atoms with Crippen molar-refractivity contribution in [2.75, 3.05) is 46.2 Å². The van der Waals surface area contributed by atoms with Gasteiger partial charge in [-0.05, 0) is 32.1 Å². The van der Waals surface area contributed by atoms with Gasteiger partial charge in [0, 0.05) is 16.4 Å². The van der Waals surface area contributed by atoms with Gasteiger partial charge < -0.3 is 35.4 Å². The maximum atomic E-state index is 12.4. The van der Waals surface area contributed by atoms with Crippen LogP contribution >= 0.6 is 0 Å². The maximum Gasteiger partial charge on any atom is 0.333 e. The zero-order valence-corrected chi connectivity index (χ0v) is 17.0. The molecule has 0 saturated carbocycles. The highest BCUT2D eigenvalue weighted by molar-refractivity contribution is 5.88. The lowest BCUT2D eigenvalue weighted by Gasteiger charge is -2.27. The second-order valence-corrected chi connectivity index (χ2v) is 7.56. The number of aliphatic hydroxyl groups is 6. The van der Waals surface area contributed by atoms with Gasteiger partial charge in [-0.1, -0.05) is 25.8 Å². The topological polar surface area (TPSA) is 148 Å². The van der Waals surface area contributed by atoms with E-state index >= 15 is 0 Å². The lowest BCUT2D eigenvalue weighted by atomic mass is 9.85. The summed E-state index contributed by atoms with van der Waals surface area (Å²) in [6.07, 6.45) is 5.87. The molecule has 8 nitrogen and oxygen atoms in total. The number of hydrogen-bond donors (Lipinski definition) is 6. The highest BCUT2D eigenvalue weighted by Crippen LogP contribution is 2.24. The van der Waals surface area contributed by atoms with E-state index in [1.54, 1.807) is 6.08 Å². The highest BCUT2D eigenvalue weighted by Gasteiger charge is 2.29. The lowest BCUT2D eigenvalue weighted by Crippen LogP contribution is -2.35. The first kappa shape index (κ1) is 27.0. The van der Waals surface area contributed by atoms with Crippen molar-refractivity contribution in [2.45, 2.75) is 51.9 Å². The number of rotatable bonds is 17. The second-order valence-electron chi connectivity index (χ2n) is 7.56. The van der Waals surface area contributed by atoms with Crippen LogP contribution < -0.4 is 0 Å². The van der Waals surface area contributed by atoms with Gasteiger partial charge >= 0.3 is 5.97 Å². The van der Waals surface area contributed by atoms with Crippen molar-refractivity contribution >= 4 is 5.97 Å². The minimum Gasteiger partial charge on any atom is -0.462 e. The summed E-state index contributed by atoms with van der Waals surface area (Å²) >= 11 is 0. The molecule has 0 fully saturated rings. The number of esters is 1. The molecule has 0 aromatic rings. The van der Waals surface area contributed by atoms with Crippen molar-refractivity contribution in [3.8, 4) is 0 Å². The molecule has 0 spiro atoms. The van der Waals surface area contributed by atoms with E-state index < -0.39 is 36.6 Å². The second kappa shape index (κ2) is 14.9. The minimum absolute atomic E-state index is 0.0422. The van der Waals surface area contributed by atoms with E-state index in [9.17, 15) is 35.4 Å². The smallest absolute Gasteiger partial charge is 0.333 e. The summed E-state index contributed by atoms with van der Waals surface area (Å²) in [5.74, 6) is -0.499. The molecule has 0 amide bonds. The van der Waals surface area contributed by atoms with Crippen molar-refractivity contribution in [3.05, 3.63) is 11.6 Å². The average molecular weight is 407 g/mol. The van der Waals surface area contributed by atoms with Crippen molar-refractivity contribution in [2.24, 2.45) is 10.8 Å². The van der Waals surface area contributed by atoms with E-state index in [4.69, 9.17) is 4.74 Å². The SMILES string of the molecule is CCCCCC(=CCCC(CO)(CO)CO)C(=O)OCCC(CO)(CO)CO. The van der Waals surface area contributed by atoms with Crippen LogP contribution in [0.4, 0.5) is 0 Å². The number of ether oxygens (including phenoxy) is 1. The standard InChI is InChI=1S/C20H38O8/c1-2-3-4-6-17(7-5-8-19(11-21,12-22)13-23)18(27)28-10-9-20(14-24,15-25)16-26/h7,21-26H,2-6,8-16H2,1H3. The fourth-order valence-electron chi connectivity index (χ4n) is 2.63. The molecular weight excluding hydrogens is 368 g/mol. The largest absolute Gasteiger partial charge is 0.462 e. The minimum atomic E-state index is -1.09. The Labute approximate surface area is 167 Å². The summed E-state index contributed by atoms with van der Waals surface area (Å²) in [6.45, 7) is -0.288. The molecular formula is C20H38O8. The van der Waals surface area contributed by atoms with Crippen molar-refractivity contribution in [1.82, 2.24) is 0 Å². The number of aliphatic hydroxyl groups excluding tert-OH is 6. The predicted molar refractivity (Wildman–Crippen MR) is 104 cm³/mol. The third-order valence-electron chi connectivity index (χ3n) is 5.26. The Morgan fingerprint density at radius 2 is 1.32 bits per heavy atom. The van der Waals surface area contributed by atoms with Crippen LogP contribution in [0.5, 0.6) is 0 Å². The fraction of sp³-hybridized carbons (Fsp3) is 0.850. The van der Waals surface area contributed by atoms with Gasteiger partial charge in [-0.15, -0.1) is 0 Å². The van der Waals surface area contributed by atoms with Crippen LogP contribution in [0.25, 0.3) is 0 Å². The van der Waals surface area contributed by atoms with Gasteiger partial charge in [-0.3, -0.25) is 0 Å². The Morgan fingerprint density at radius 1 is 0.821 bits per heavy atom. The zero-order valence-electron chi connectivity index (χ0n) is 17.0. The molecule has 0 heterocycles. The summed E-state index contributed by atoms with van der Waals surface area (Å²) in [5.41, 5.74) is -1.59. The molecule has 0 aromatic heterocycles. The Hall–Kier alpha value is -1.03. The first-order chi connectivity index (χ1) is 13.4.